The van der Waals surface area contributed by atoms with Crippen LogP contribution in [0.5, 0.6) is 0 Å². The molecular weight excluding hydrogens is 148 g/mol. The molecule has 0 atom stereocenters. The molecule has 3 nitrogen and oxygen atoms in total. The maximum absolute atomic E-state index is 4.82. The minimum absolute atomic E-state index is 0.784. The molecule has 1 aromatic rings. The lowest BCUT2D eigenvalue weighted by atomic mass is 10.5. The first-order valence-electron chi connectivity index (χ1n) is 3.11. The van der Waals surface area contributed by atoms with E-state index in [0.717, 1.165) is 23.9 Å². The van der Waals surface area contributed by atoms with E-state index < -0.39 is 0 Å². The number of aryl methyl sites for hydroxylation is 1. The normalized spacial score (nSPS) is 9.80. The SMILES string of the molecule is Cc1cc(NCCS)no1. The second kappa shape index (κ2) is 3.51. The number of nitrogens with zero attached hydrogens (tertiary/aromatic N) is 1. The Hall–Kier alpha value is -0.640. The van der Waals surface area contributed by atoms with Crippen molar-refractivity contribution in [3.8, 4) is 0 Å². The smallest absolute Gasteiger partial charge is 0.169 e. The van der Waals surface area contributed by atoms with Crippen LogP contribution in [-0.2, 0) is 0 Å². The lowest BCUT2D eigenvalue weighted by Gasteiger charge is -1.94. The third-order valence-electron chi connectivity index (χ3n) is 1.05. The molecule has 0 spiro atoms. The van der Waals surface area contributed by atoms with E-state index in [2.05, 4.69) is 23.1 Å². The summed E-state index contributed by atoms with van der Waals surface area (Å²) in [5.41, 5.74) is 0. The second-order valence-electron chi connectivity index (χ2n) is 1.97. The summed E-state index contributed by atoms with van der Waals surface area (Å²) >= 11 is 4.04. The first kappa shape index (κ1) is 7.47. The molecule has 0 saturated carbocycles. The summed E-state index contributed by atoms with van der Waals surface area (Å²) in [6.07, 6.45) is 0. The number of aromatic nitrogens is 1. The van der Waals surface area contributed by atoms with Gasteiger partial charge in [-0.15, -0.1) is 0 Å². The summed E-state index contributed by atoms with van der Waals surface area (Å²) in [6, 6.07) is 1.85. The number of thiol groups is 1. The summed E-state index contributed by atoms with van der Waals surface area (Å²) < 4.78 is 4.82. The monoisotopic (exact) mass is 158 g/mol. The molecule has 0 aliphatic rings. The molecule has 1 N–H and O–H groups in total. The first-order valence-corrected chi connectivity index (χ1v) is 3.74. The zero-order valence-electron chi connectivity index (χ0n) is 5.79. The maximum Gasteiger partial charge on any atom is 0.169 e. The third kappa shape index (κ3) is 1.95. The summed E-state index contributed by atoms with van der Waals surface area (Å²) in [5.74, 6) is 2.40. The van der Waals surface area contributed by atoms with E-state index in [-0.39, 0.29) is 0 Å². The van der Waals surface area contributed by atoms with Crippen molar-refractivity contribution in [1.82, 2.24) is 5.16 Å². The molecule has 1 heterocycles. The average Bonchev–Trinajstić information content (AvgIpc) is 2.31. The van der Waals surface area contributed by atoms with Gasteiger partial charge in [0, 0.05) is 18.4 Å². The van der Waals surface area contributed by atoms with Gasteiger partial charge in [0.1, 0.15) is 5.76 Å². The zero-order valence-corrected chi connectivity index (χ0v) is 6.69. The van der Waals surface area contributed by atoms with Crippen LogP contribution in [0, 0.1) is 6.92 Å². The highest BCUT2D eigenvalue weighted by molar-refractivity contribution is 7.80. The van der Waals surface area contributed by atoms with Crippen LogP contribution >= 0.6 is 12.6 Å². The molecule has 1 rings (SSSR count). The van der Waals surface area contributed by atoms with Crippen molar-refractivity contribution in [3.05, 3.63) is 11.8 Å². The molecule has 0 aromatic carbocycles. The first-order chi connectivity index (χ1) is 4.83. The van der Waals surface area contributed by atoms with E-state index in [0.29, 0.717) is 0 Å². The van der Waals surface area contributed by atoms with Crippen molar-refractivity contribution in [3.63, 3.8) is 0 Å². The van der Waals surface area contributed by atoms with Gasteiger partial charge in [-0.2, -0.15) is 12.6 Å². The standard InChI is InChI=1S/C6H10N2OS/c1-5-4-6(8-9-5)7-2-3-10/h4,10H,2-3H2,1H3,(H,7,8). The van der Waals surface area contributed by atoms with Crippen LogP contribution in [0.25, 0.3) is 0 Å². The average molecular weight is 158 g/mol. The van der Waals surface area contributed by atoms with Crippen molar-refractivity contribution in [2.24, 2.45) is 0 Å². The molecular formula is C6H10N2OS. The van der Waals surface area contributed by atoms with Gasteiger partial charge < -0.3 is 9.84 Å². The van der Waals surface area contributed by atoms with Crippen LogP contribution in [-0.4, -0.2) is 17.5 Å². The molecule has 0 aliphatic carbocycles. The minimum Gasteiger partial charge on any atom is -0.366 e. The van der Waals surface area contributed by atoms with Crippen LogP contribution in [0.15, 0.2) is 10.6 Å². The van der Waals surface area contributed by atoms with Crippen molar-refractivity contribution < 1.29 is 4.52 Å². The molecule has 0 aliphatic heterocycles. The molecule has 0 fully saturated rings. The Kier molecular flexibility index (Phi) is 2.62. The molecule has 0 radical (unpaired) electrons. The van der Waals surface area contributed by atoms with Crippen LogP contribution in [0.1, 0.15) is 5.76 Å². The van der Waals surface area contributed by atoms with Crippen LogP contribution in [0.3, 0.4) is 0 Å². The van der Waals surface area contributed by atoms with Gasteiger partial charge >= 0.3 is 0 Å². The summed E-state index contributed by atoms with van der Waals surface area (Å²) in [7, 11) is 0. The molecule has 0 saturated heterocycles. The van der Waals surface area contributed by atoms with Crippen molar-refractivity contribution in [1.29, 1.82) is 0 Å². The second-order valence-corrected chi connectivity index (χ2v) is 2.42. The highest BCUT2D eigenvalue weighted by Gasteiger charge is 1.95. The predicted octanol–water partition coefficient (Wildman–Crippen LogP) is 1.32. The fourth-order valence-electron chi connectivity index (χ4n) is 0.634. The molecule has 4 heteroatoms. The fourth-order valence-corrected chi connectivity index (χ4v) is 0.745. The number of hydrogen-bond donors (Lipinski definition) is 2. The summed E-state index contributed by atoms with van der Waals surface area (Å²) in [5, 5.41) is 6.77. The van der Waals surface area contributed by atoms with Gasteiger partial charge in [0.25, 0.3) is 0 Å². The van der Waals surface area contributed by atoms with Gasteiger partial charge in [-0.25, -0.2) is 0 Å². The molecule has 56 valence electrons. The highest BCUT2D eigenvalue weighted by Crippen LogP contribution is 2.05. The Morgan fingerprint density at radius 3 is 3.10 bits per heavy atom. The van der Waals surface area contributed by atoms with Gasteiger partial charge in [0.2, 0.25) is 0 Å². The Morgan fingerprint density at radius 1 is 1.80 bits per heavy atom. The van der Waals surface area contributed by atoms with Crippen molar-refractivity contribution in [2.75, 3.05) is 17.6 Å². The Balaban J connectivity index is 2.42. The van der Waals surface area contributed by atoms with Crippen molar-refractivity contribution >= 4 is 18.4 Å². The largest absolute Gasteiger partial charge is 0.366 e. The van der Waals surface area contributed by atoms with Crippen LogP contribution in [0.4, 0.5) is 5.82 Å². The number of hydrogen-bond acceptors (Lipinski definition) is 4. The zero-order chi connectivity index (χ0) is 7.40. The van der Waals surface area contributed by atoms with Crippen molar-refractivity contribution in [2.45, 2.75) is 6.92 Å². The third-order valence-corrected chi connectivity index (χ3v) is 1.27. The molecule has 10 heavy (non-hydrogen) atoms. The molecule has 0 amide bonds. The van der Waals surface area contributed by atoms with E-state index in [1.165, 1.54) is 0 Å². The summed E-state index contributed by atoms with van der Waals surface area (Å²) in [6.45, 7) is 2.67. The van der Waals surface area contributed by atoms with Crippen LogP contribution in [0.2, 0.25) is 0 Å². The molecule has 1 aromatic heterocycles. The Labute approximate surface area is 65.2 Å². The van der Waals surface area contributed by atoms with Crippen LogP contribution < -0.4 is 5.32 Å². The molecule has 0 bridgehead atoms. The fraction of sp³-hybridized carbons (Fsp3) is 0.500. The van der Waals surface area contributed by atoms with E-state index in [1.807, 2.05) is 13.0 Å². The van der Waals surface area contributed by atoms with Gasteiger partial charge in [-0.3, -0.25) is 0 Å². The highest BCUT2D eigenvalue weighted by atomic mass is 32.1. The van der Waals surface area contributed by atoms with Gasteiger partial charge in [-0.05, 0) is 6.92 Å². The van der Waals surface area contributed by atoms with E-state index in [1.54, 1.807) is 0 Å². The Bertz CT molecular complexity index is 199. The van der Waals surface area contributed by atoms with E-state index in [4.69, 9.17) is 4.52 Å². The number of nitrogens with one attached hydrogen (secondary N) is 1. The predicted molar refractivity (Wildman–Crippen MR) is 43.6 cm³/mol. The number of anilines is 1. The lowest BCUT2D eigenvalue weighted by molar-refractivity contribution is 0.400. The van der Waals surface area contributed by atoms with E-state index >= 15 is 0 Å². The van der Waals surface area contributed by atoms with Gasteiger partial charge in [0.15, 0.2) is 5.82 Å². The Morgan fingerprint density at radius 2 is 2.60 bits per heavy atom. The number of rotatable bonds is 3. The lowest BCUT2D eigenvalue weighted by Crippen LogP contribution is -2.01. The minimum atomic E-state index is 0.784. The summed E-state index contributed by atoms with van der Waals surface area (Å²) in [4.78, 5) is 0. The molecule has 0 unspecified atom stereocenters. The quantitative estimate of drug-likeness (QED) is 0.652. The van der Waals surface area contributed by atoms with E-state index in [9.17, 15) is 0 Å². The van der Waals surface area contributed by atoms with Gasteiger partial charge in [0.05, 0.1) is 0 Å². The maximum atomic E-state index is 4.82. The topological polar surface area (TPSA) is 38.1 Å². The van der Waals surface area contributed by atoms with Gasteiger partial charge in [-0.1, -0.05) is 5.16 Å².